The number of nitrogens with one attached hydrogen (secondary N) is 1. The van der Waals surface area contributed by atoms with Gasteiger partial charge in [0.15, 0.2) is 0 Å². The van der Waals surface area contributed by atoms with Gasteiger partial charge in [-0.2, -0.15) is 13.2 Å². The molecule has 1 aliphatic heterocycles. The molecule has 1 N–H and O–H groups in total. The number of alkyl halides is 3. The lowest BCUT2D eigenvalue weighted by Crippen LogP contribution is -2.43. The maximum Gasteiger partial charge on any atom is 0.409 e. The molecule has 1 unspecified atom stereocenters. The summed E-state index contributed by atoms with van der Waals surface area (Å²) in [6, 6.07) is 8.86. The van der Waals surface area contributed by atoms with E-state index in [9.17, 15) is 18.0 Å². The quantitative estimate of drug-likeness (QED) is 0.780. The predicted molar refractivity (Wildman–Crippen MR) is 100.0 cm³/mol. The third kappa shape index (κ3) is 4.10. The number of hydrogen-bond acceptors (Lipinski definition) is 2. The molecule has 2 aromatic carbocycles. The lowest BCUT2D eigenvalue weighted by Gasteiger charge is -2.30. The number of nitrogens with zero attached hydrogens (tertiary/aromatic N) is 1. The molecule has 0 saturated carbocycles. The maximum absolute atomic E-state index is 13.8. The molecule has 146 valence electrons. The second-order valence-electron chi connectivity index (χ2n) is 7.94. The molecule has 27 heavy (non-hydrogen) atoms. The molecule has 0 bridgehead atoms. The maximum atomic E-state index is 13.8. The first-order chi connectivity index (χ1) is 12.6. The monoisotopic (exact) mass is 378 g/mol. The highest BCUT2D eigenvalue weighted by Gasteiger charge is 2.51. The molecule has 1 aliphatic rings. The number of unbranched alkanes of at least 4 members (excludes halogenated alkanes) is 1. The SMILES string of the molecule is CCCCc1ccc2cc(C(N3CC(C)(C)C(=O)N3)C(F)(F)F)ccc2c1. The van der Waals surface area contributed by atoms with Gasteiger partial charge >= 0.3 is 6.18 Å². The second-order valence-corrected chi connectivity index (χ2v) is 7.94. The zero-order valence-electron chi connectivity index (χ0n) is 15.9. The molecule has 0 radical (unpaired) electrons. The van der Waals surface area contributed by atoms with Crippen LogP contribution in [0.25, 0.3) is 10.8 Å². The van der Waals surface area contributed by atoms with Crippen LogP contribution in [0.4, 0.5) is 13.2 Å². The van der Waals surface area contributed by atoms with Gasteiger partial charge in [0, 0.05) is 6.54 Å². The summed E-state index contributed by atoms with van der Waals surface area (Å²) in [5, 5.41) is 2.71. The summed E-state index contributed by atoms with van der Waals surface area (Å²) in [5.74, 6) is -0.391. The van der Waals surface area contributed by atoms with E-state index in [0.717, 1.165) is 35.0 Å². The highest BCUT2D eigenvalue weighted by molar-refractivity contribution is 5.85. The Labute approximate surface area is 157 Å². The Bertz CT molecular complexity index is 845. The fraction of sp³-hybridized carbons (Fsp3) is 0.476. The normalized spacial score (nSPS) is 18.7. The van der Waals surface area contributed by atoms with E-state index in [2.05, 4.69) is 12.3 Å². The van der Waals surface area contributed by atoms with E-state index in [4.69, 9.17) is 0 Å². The Morgan fingerprint density at radius 1 is 1.15 bits per heavy atom. The van der Waals surface area contributed by atoms with Gasteiger partial charge in [-0.3, -0.25) is 10.2 Å². The minimum absolute atomic E-state index is 0.00397. The van der Waals surface area contributed by atoms with E-state index in [1.54, 1.807) is 26.0 Å². The second kappa shape index (κ2) is 7.15. The van der Waals surface area contributed by atoms with Gasteiger partial charge in [0.2, 0.25) is 5.91 Å². The predicted octanol–water partition coefficient (Wildman–Crippen LogP) is 5.16. The number of carbonyl (C=O) groups is 1. The summed E-state index contributed by atoms with van der Waals surface area (Å²) >= 11 is 0. The van der Waals surface area contributed by atoms with Crippen molar-refractivity contribution in [2.75, 3.05) is 6.54 Å². The van der Waals surface area contributed by atoms with Gasteiger partial charge in [-0.15, -0.1) is 0 Å². The van der Waals surface area contributed by atoms with E-state index in [1.165, 1.54) is 11.6 Å². The number of hydrazine groups is 1. The Kier molecular flexibility index (Phi) is 5.21. The summed E-state index contributed by atoms with van der Waals surface area (Å²) in [4.78, 5) is 12.0. The van der Waals surface area contributed by atoms with E-state index in [1.807, 2.05) is 18.2 Å². The number of halogens is 3. The van der Waals surface area contributed by atoms with Gasteiger partial charge in [-0.05, 0) is 54.7 Å². The molecule has 3 nitrogen and oxygen atoms in total. The largest absolute Gasteiger partial charge is 0.409 e. The standard InChI is InChI=1S/C21H25F3N2O/c1-4-5-6-14-7-8-16-12-17(10-9-15(16)11-14)18(21(22,23)24)26-13-20(2,3)19(27)25-26/h7-12,18H,4-6,13H2,1-3H3,(H,25,27). The Morgan fingerprint density at radius 2 is 1.81 bits per heavy atom. The van der Waals surface area contributed by atoms with Crippen LogP contribution >= 0.6 is 0 Å². The first kappa shape index (κ1) is 19.7. The van der Waals surface area contributed by atoms with Crippen LogP contribution in [0, 0.1) is 5.41 Å². The van der Waals surface area contributed by atoms with Gasteiger partial charge < -0.3 is 0 Å². The van der Waals surface area contributed by atoms with E-state index >= 15 is 0 Å². The molecule has 0 aliphatic carbocycles. The molecule has 6 heteroatoms. The third-order valence-electron chi connectivity index (χ3n) is 5.11. The number of fused-ring (bicyclic) bond motifs is 1. The molecule has 0 spiro atoms. The molecule has 1 amide bonds. The highest BCUT2D eigenvalue weighted by atomic mass is 19.4. The fourth-order valence-corrected chi connectivity index (χ4v) is 3.54. The molecular formula is C21H25F3N2O. The topological polar surface area (TPSA) is 32.3 Å². The summed E-state index contributed by atoms with van der Waals surface area (Å²) in [6.45, 7) is 5.43. The fourth-order valence-electron chi connectivity index (χ4n) is 3.54. The van der Waals surface area contributed by atoms with Crippen LogP contribution in [0.15, 0.2) is 36.4 Å². The van der Waals surface area contributed by atoms with Crippen LogP contribution < -0.4 is 5.43 Å². The van der Waals surface area contributed by atoms with Crippen LogP contribution in [-0.2, 0) is 11.2 Å². The van der Waals surface area contributed by atoms with Gasteiger partial charge in [-0.1, -0.05) is 43.7 Å². The van der Waals surface area contributed by atoms with E-state index in [-0.39, 0.29) is 12.1 Å². The first-order valence-corrected chi connectivity index (χ1v) is 9.29. The number of carbonyl (C=O) groups excluding carboxylic acids is 1. The summed E-state index contributed by atoms with van der Waals surface area (Å²) in [5.41, 5.74) is 2.88. The lowest BCUT2D eigenvalue weighted by atomic mass is 9.93. The van der Waals surface area contributed by atoms with Crippen molar-refractivity contribution in [3.8, 4) is 0 Å². The molecule has 0 aromatic heterocycles. The average molecular weight is 378 g/mol. The van der Waals surface area contributed by atoms with Crippen molar-refractivity contribution < 1.29 is 18.0 Å². The molecule has 1 fully saturated rings. The van der Waals surface area contributed by atoms with Crippen molar-refractivity contribution in [1.82, 2.24) is 10.4 Å². The van der Waals surface area contributed by atoms with Gasteiger partial charge in [-0.25, -0.2) is 5.01 Å². The minimum Gasteiger partial charge on any atom is -0.287 e. The van der Waals surface area contributed by atoms with Crippen LogP contribution in [0.3, 0.4) is 0 Å². The molecule has 1 heterocycles. The summed E-state index contributed by atoms with van der Waals surface area (Å²) in [6.07, 6.45) is -1.34. The molecular weight excluding hydrogens is 353 g/mol. The first-order valence-electron chi connectivity index (χ1n) is 9.29. The van der Waals surface area contributed by atoms with E-state index < -0.39 is 23.5 Å². The molecule has 1 saturated heterocycles. The average Bonchev–Trinajstić information content (AvgIpc) is 2.84. The lowest BCUT2D eigenvalue weighted by molar-refractivity contribution is -0.191. The molecule has 3 rings (SSSR count). The van der Waals surface area contributed by atoms with Gasteiger partial charge in [0.1, 0.15) is 6.04 Å². The molecule has 2 aromatic rings. The third-order valence-corrected chi connectivity index (χ3v) is 5.11. The van der Waals surface area contributed by atoms with Gasteiger partial charge in [0.05, 0.1) is 5.41 Å². The number of benzene rings is 2. The molecule has 1 atom stereocenters. The van der Waals surface area contributed by atoms with Crippen molar-refractivity contribution in [3.63, 3.8) is 0 Å². The number of aryl methyl sites for hydroxylation is 1. The zero-order chi connectivity index (χ0) is 19.8. The number of rotatable bonds is 5. The summed E-state index contributed by atoms with van der Waals surface area (Å²) < 4.78 is 41.5. The number of amides is 1. The van der Waals surface area contributed by atoms with Crippen molar-refractivity contribution >= 4 is 16.7 Å². The van der Waals surface area contributed by atoms with Crippen molar-refractivity contribution in [2.45, 2.75) is 52.3 Å². The van der Waals surface area contributed by atoms with Crippen molar-refractivity contribution in [2.24, 2.45) is 5.41 Å². The van der Waals surface area contributed by atoms with Gasteiger partial charge in [0.25, 0.3) is 0 Å². The Balaban J connectivity index is 1.95. The Morgan fingerprint density at radius 3 is 2.41 bits per heavy atom. The van der Waals surface area contributed by atoms with Crippen LogP contribution in [-0.4, -0.2) is 23.6 Å². The minimum atomic E-state index is -4.50. The Hall–Kier alpha value is -2.08. The smallest absolute Gasteiger partial charge is 0.287 e. The van der Waals surface area contributed by atoms with Crippen molar-refractivity contribution in [3.05, 3.63) is 47.5 Å². The van der Waals surface area contributed by atoms with E-state index in [0.29, 0.717) is 0 Å². The zero-order valence-corrected chi connectivity index (χ0v) is 15.9. The number of hydrogen-bond donors (Lipinski definition) is 1. The highest BCUT2D eigenvalue weighted by Crippen LogP contribution is 2.41. The van der Waals surface area contributed by atoms with Crippen molar-refractivity contribution in [1.29, 1.82) is 0 Å². The van der Waals surface area contributed by atoms with Crippen LogP contribution in [0.1, 0.15) is 50.8 Å². The summed E-state index contributed by atoms with van der Waals surface area (Å²) in [7, 11) is 0. The van der Waals surface area contributed by atoms with Crippen LogP contribution in [0.2, 0.25) is 0 Å². The van der Waals surface area contributed by atoms with Crippen LogP contribution in [0.5, 0.6) is 0 Å².